The number of aromatic nitrogens is 1. The number of ether oxygens (including phenoxy) is 1. The summed E-state index contributed by atoms with van der Waals surface area (Å²) in [6, 6.07) is 17.9. The van der Waals surface area contributed by atoms with Gasteiger partial charge in [0.25, 0.3) is 15.9 Å². The minimum atomic E-state index is -4.01. The number of nitrogens with one attached hydrogen (secondary N) is 2. The molecule has 2 N–H and O–H groups in total. The van der Waals surface area contributed by atoms with Gasteiger partial charge in [-0.05, 0) is 54.6 Å². The Morgan fingerprint density at radius 1 is 1.00 bits per heavy atom. The molecule has 0 bridgehead atoms. The van der Waals surface area contributed by atoms with Crippen molar-refractivity contribution in [1.82, 2.24) is 4.98 Å². The van der Waals surface area contributed by atoms with Crippen molar-refractivity contribution in [1.29, 1.82) is 0 Å². The number of para-hydroxylation sites is 1. The number of halogens is 1. The molecule has 0 atom stereocenters. The van der Waals surface area contributed by atoms with Crippen molar-refractivity contribution < 1.29 is 22.3 Å². The number of carbonyl (C=O) groups is 1. The molecule has 0 spiro atoms. The number of nitrogens with zero attached hydrogens (tertiary/aromatic N) is 1. The molecule has 0 fully saturated rings. The van der Waals surface area contributed by atoms with Gasteiger partial charge in [0.2, 0.25) is 0 Å². The number of rotatable bonds is 6. The maximum absolute atomic E-state index is 13.2. The van der Waals surface area contributed by atoms with E-state index >= 15 is 0 Å². The van der Waals surface area contributed by atoms with Gasteiger partial charge in [-0.15, -0.1) is 0 Å². The SMILES string of the molecule is COc1ccc(NC(=O)c2cccc3cccnc23)cc1NS(=O)(=O)c1ccc(F)cc1. The summed E-state index contributed by atoms with van der Waals surface area (Å²) >= 11 is 0. The van der Waals surface area contributed by atoms with Crippen molar-refractivity contribution >= 4 is 38.2 Å². The van der Waals surface area contributed by atoms with Gasteiger partial charge in [-0.3, -0.25) is 14.5 Å². The molecule has 4 aromatic rings. The molecular weight excluding hydrogens is 433 g/mol. The number of anilines is 2. The first-order chi connectivity index (χ1) is 15.4. The van der Waals surface area contributed by atoms with E-state index in [-0.39, 0.29) is 16.3 Å². The van der Waals surface area contributed by atoms with Crippen LogP contribution in [0.2, 0.25) is 0 Å². The number of pyridine rings is 1. The van der Waals surface area contributed by atoms with Crippen molar-refractivity contribution in [3.63, 3.8) is 0 Å². The number of hydrogen-bond donors (Lipinski definition) is 2. The highest BCUT2D eigenvalue weighted by Gasteiger charge is 2.18. The molecule has 1 heterocycles. The Bertz CT molecular complexity index is 1400. The third-order valence-corrected chi connectivity index (χ3v) is 6.08. The number of sulfonamides is 1. The second-order valence-corrected chi connectivity index (χ2v) is 8.49. The highest BCUT2D eigenvalue weighted by Crippen LogP contribution is 2.30. The van der Waals surface area contributed by atoms with E-state index in [0.717, 1.165) is 29.7 Å². The summed E-state index contributed by atoms with van der Waals surface area (Å²) in [7, 11) is -2.61. The highest BCUT2D eigenvalue weighted by atomic mass is 32.2. The number of carbonyl (C=O) groups excluding carboxylic acids is 1. The van der Waals surface area contributed by atoms with Gasteiger partial charge in [-0.2, -0.15) is 0 Å². The van der Waals surface area contributed by atoms with Crippen LogP contribution in [0.25, 0.3) is 10.9 Å². The van der Waals surface area contributed by atoms with Crippen LogP contribution in [-0.2, 0) is 10.0 Å². The third-order valence-electron chi connectivity index (χ3n) is 4.70. The number of methoxy groups -OCH3 is 1. The lowest BCUT2D eigenvalue weighted by molar-refractivity contribution is 0.102. The minimum Gasteiger partial charge on any atom is -0.495 e. The zero-order valence-electron chi connectivity index (χ0n) is 16.9. The van der Waals surface area contributed by atoms with Crippen molar-refractivity contribution in [2.75, 3.05) is 17.1 Å². The molecule has 3 aromatic carbocycles. The maximum atomic E-state index is 13.2. The lowest BCUT2D eigenvalue weighted by atomic mass is 10.1. The summed E-state index contributed by atoms with van der Waals surface area (Å²) in [5.41, 5.74) is 1.40. The molecule has 32 heavy (non-hydrogen) atoms. The molecule has 1 amide bonds. The Morgan fingerprint density at radius 2 is 1.75 bits per heavy atom. The van der Waals surface area contributed by atoms with Crippen molar-refractivity contribution in [3.05, 3.63) is 90.4 Å². The maximum Gasteiger partial charge on any atom is 0.262 e. The van der Waals surface area contributed by atoms with Gasteiger partial charge in [-0.1, -0.05) is 18.2 Å². The summed E-state index contributed by atoms with van der Waals surface area (Å²) in [6.07, 6.45) is 1.61. The van der Waals surface area contributed by atoms with Crippen molar-refractivity contribution in [2.45, 2.75) is 4.90 Å². The second-order valence-electron chi connectivity index (χ2n) is 6.81. The fourth-order valence-electron chi connectivity index (χ4n) is 3.17. The molecule has 162 valence electrons. The largest absolute Gasteiger partial charge is 0.495 e. The Morgan fingerprint density at radius 3 is 2.50 bits per heavy atom. The van der Waals surface area contributed by atoms with E-state index in [1.165, 1.54) is 19.2 Å². The van der Waals surface area contributed by atoms with Gasteiger partial charge < -0.3 is 10.1 Å². The van der Waals surface area contributed by atoms with Crippen molar-refractivity contribution in [3.8, 4) is 5.75 Å². The van der Waals surface area contributed by atoms with Crippen LogP contribution in [-0.4, -0.2) is 26.4 Å². The normalized spacial score (nSPS) is 11.2. The number of amides is 1. The Hall–Kier alpha value is -3.98. The third kappa shape index (κ3) is 4.37. The fourth-order valence-corrected chi connectivity index (χ4v) is 4.23. The molecule has 0 saturated carbocycles. The predicted molar refractivity (Wildman–Crippen MR) is 120 cm³/mol. The number of hydrogen-bond acceptors (Lipinski definition) is 5. The summed E-state index contributed by atoms with van der Waals surface area (Å²) in [5, 5.41) is 3.58. The standard InChI is InChI=1S/C23H18FN3O4S/c1-31-21-12-9-17(14-20(21)27-32(29,30)18-10-7-16(24)8-11-18)26-23(28)19-6-2-4-15-5-3-13-25-22(15)19/h2-14,27H,1H3,(H,26,28). The summed E-state index contributed by atoms with van der Waals surface area (Å²) in [6.45, 7) is 0. The first-order valence-electron chi connectivity index (χ1n) is 9.49. The summed E-state index contributed by atoms with van der Waals surface area (Å²) in [4.78, 5) is 17.0. The molecule has 4 rings (SSSR count). The second kappa shape index (κ2) is 8.64. The fraction of sp³-hybridized carbons (Fsp3) is 0.0435. The molecular formula is C23H18FN3O4S. The quantitative estimate of drug-likeness (QED) is 0.452. The van der Waals surface area contributed by atoms with E-state index in [1.54, 1.807) is 30.5 Å². The number of fused-ring (bicyclic) bond motifs is 1. The molecule has 0 saturated heterocycles. The van der Waals surface area contributed by atoms with E-state index in [0.29, 0.717) is 16.8 Å². The van der Waals surface area contributed by atoms with E-state index < -0.39 is 21.7 Å². The summed E-state index contributed by atoms with van der Waals surface area (Å²) in [5.74, 6) is -0.693. The van der Waals surface area contributed by atoms with E-state index in [9.17, 15) is 17.6 Å². The van der Waals surface area contributed by atoms with Crippen LogP contribution in [0.15, 0.2) is 83.9 Å². The van der Waals surface area contributed by atoms with Crippen LogP contribution in [0.4, 0.5) is 15.8 Å². The van der Waals surface area contributed by atoms with Gasteiger partial charge in [0.05, 0.1) is 28.8 Å². The summed E-state index contributed by atoms with van der Waals surface area (Å²) < 4.78 is 46.2. The molecule has 0 aliphatic carbocycles. The molecule has 7 nitrogen and oxygen atoms in total. The lowest BCUT2D eigenvalue weighted by Crippen LogP contribution is -2.15. The molecule has 1 aromatic heterocycles. The highest BCUT2D eigenvalue weighted by molar-refractivity contribution is 7.92. The van der Waals surface area contributed by atoms with E-state index in [4.69, 9.17) is 4.74 Å². The van der Waals surface area contributed by atoms with Crippen molar-refractivity contribution in [2.24, 2.45) is 0 Å². The van der Waals surface area contributed by atoms with Gasteiger partial charge in [0.1, 0.15) is 11.6 Å². The Balaban J connectivity index is 1.63. The zero-order valence-corrected chi connectivity index (χ0v) is 17.7. The topological polar surface area (TPSA) is 97.4 Å². The number of benzene rings is 3. The van der Waals surface area contributed by atoms with Crippen LogP contribution < -0.4 is 14.8 Å². The van der Waals surface area contributed by atoms with Gasteiger partial charge in [0.15, 0.2) is 0 Å². The van der Waals surface area contributed by atoms with Crippen LogP contribution >= 0.6 is 0 Å². The van der Waals surface area contributed by atoms with Gasteiger partial charge >= 0.3 is 0 Å². The molecule has 0 unspecified atom stereocenters. The Kier molecular flexibility index (Phi) is 5.74. The van der Waals surface area contributed by atoms with Gasteiger partial charge in [-0.25, -0.2) is 12.8 Å². The average Bonchev–Trinajstić information content (AvgIpc) is 2.79. The zero-order chi connectivity index (χ0) is 22.7. The predicted octanol–water partition coefficient (Wildman–Crippen LogP) is 4.44. The average molecular weight is 451 g/mol. The first-order valence-corrected chi connectivity index (χ1v) is 11.0. The smallest absolute Gasteiger partial charge is 0.262 e. The van der Waals surface area contributed by atoms with E-state index in [1.807, 2.05) is 12.1 Å². The molecule has 0 radical (unpaired) electrons. The monoisotopic (exact) mass is 451 g/mol. The lowest BCUT2D eigenvalue weighted by Gasteiger charge is -2.14. The van der Waals surface area contributed by atoms with Gasteiger partial charge in [0, 0.05) is 17.3 Å². The molecule has 0 aliphatic heterocycles. The van der Waals surface area contributed by atoms with Crippen LogP contribution in [0.1, 0.15) is 10.4 Å². The molecule has 9 heteroatoms. The minimum absolute atomic E-state index is 0.114. The van der Waals surface area contributed by atoms with Crippen LogP contribution in [0.3, 0.4) is 0 Å². The Labute approximate surface area is 183 Å². The van der Waals surface area contributed by atoms with E-state index in [2.05, 4.69) is 15.0 Å². The molecule has 0 aliphatic rings. The van der Waals surface area contributed by atoms with Crippen LogP contribution in [0, 0.1) is 5.82 Å². The van der Waals surface area contributed by atoms with Crippen LogP contribution in [0.5, 0.6) is 5.75 Å². The first kappa shape index (κ1) is 21.3.